The number of nitrogens with one attached hydrogen (secondary N) is 2. The van der Waals surface area contributed by atoms with Gasteiger partial charge in [-0.2, -0.15) is 0 Å². The van der Waals surface area contributed by atoms with Crippen molar-refractivity contribution in [3.63, 3.8) is 0 Å². The molecule has 49 heavy (non-hydrogen) atoms. The third kappa shape index (κ3) is 6.62. The van der Waals surface area contributed by atoms with Crippen molar-refractivity contribution in [2.45, 2.75) is 132 Å². The van der Waals surface area contributed by atoms with Crippen LogP contribution in [0.2, 0.25) is 0 Å². The van der Waals surface area contributed by atoms with E-state index in [2.05, 4.69) is 16.8 Å². The van der Waals surface area contributed by atoms with E-state index in [0.717, 1.165) is 77.0 Å². The molecule has 8 unspecified atom stereocenters. The fraction of sp³-hybridized carbons (Fsp3) is 0.842. The number of amides is 4. The molecule has 6 aliphatic carbocycles. The molecule has 8 aliphatic rings. The number of aliphatic hydroxyl groups excluding tert-OH is 1. The summed E-state index contributed by atoms with van der Waals surface area (Å²) in [5.74, 6) is 0.732. The molecular weight excluding hydrogens is 642 g/mol. The van der Waals surface area contributed by atoms with Crippen LogP contribution in [0, 0.1) is 34.5 Å². The van der Waals surface area contributed by atoms with E-state index in [4.69, 9.17) is 11.6 Å². The molecule has 0 radical (unpaired) electrons. The van der Waals surface area contributed by atoms with Gasteiger partial charge in [0.25, 0.3) is 0 Å². The van der Waals surface area contributed by atoms with Crippen LogP contribution in [0.15, 0.2) is 11.8 Å². The molecule has 7 fully saturated rings. The Morgan fingerprint density at radius 2 is 1.65 bits per heavy atom. The Balaban J connectivity index is 1.10. The molecule has 272 valence electrons. The molecule has 6 saturated carbocycles. The van der Waals surface area contributed by atoms with Gasteiger partial charge in [-0.05, 0) is 100 Å². The van der Waals surface area contributed by atoms with Gasteiger partial charge in [0.2, 0.25) is 23.6 Å². The lowest BCUT2D eigenvalue weighted by molar-refractivity contribution is -0.179. The van der Waals surface area contributed by atoms with Crippen LogP contribution in [0.25, 0.3) is 0 Å². The summed E-state index contributed by atoms with van der Waals surface area (Å²) in [6, 6.07) is -1.26. The number of β-amino-alcohol motifs (C(OH)–C–C–N with tert-alkyl or cyclic N) is 1. The number of rotatable bonds is 9. The topological polar surface area (TPSA) is 122 Å². The standard InChI is InChI=1S/C38H58ClN5O5/c1-42(2)35(48)37-15-23-12-24(16-37)18-38(17-23,22-37)36(49)44-21-27(45)14-32(44)33(46)41-31(13-26-19-40-30-11-7-5-9-28(26)30)34(47)43(3)20-25-8-4-6-10-29(25)39/h19,23-25,27-32,40,45H,4-18,20-22H2,1-3H3,(H,41,46)/t23?,24?,25?,27-,28?,29?,30?,31?,32?,37?,38?/m1/s1. The monoisotopic (exact) mass is 699 g/mol. The molecule has 4 bridgehead atoms. The summed E-state index contributed by atoms with van der Waals surface area (Å²) in [7, 11) is 5.42. The number of fused-ring (bicyclic) bond motifs is 1. The van der Waals surface area contributed by atoms with Gasteiger partial charge in [-0.1, -0.05) is 25.7 Å². The number of carbonyl (C=O) groups is 4. The summed E-state index contributed by atoms with van der Waals surface area (Å²) in [6.45, 7) is 0.645. The summed E-state index contributed by atoms with van der Waals surface area (Å²) >= 11 is 6.70. The van der Waals surface area contributed by atoms with Crippen molar-refractivity contribution in [2.24, 2.45) is 34.5 Å². The predicted octanol–water partition coefficient (Wildman–Crippen LogP) is 3.80. The van der Waals surface area contributed by atoms with E-state index in [9.17, 15) is 24.3 Å². The van der Waals surface area contributed by atoms with Crippen molar-refractivity contribution in [3.8, 4) is 0 Å². The molecule has 1 saturated heterocycles. The number of nitrogens with zero attached hydrogens (tertiary/aromatic N) is 3. The van der Waals surface area contributed by atoms with Crippen molar-refractivity contribution >= 4 is 35.2 Å². The van der Waals surface area contributed by atoms with Gasteiger partial charge in [0.1, 0.15) is 12.1 Å². The van der Waals surface area contributed by atoms with E-state index in [0.29, 0.717) is 43.2 Å². The minimum atomic E-state index is -0.861. The maximum atomic E-state index is 14.7. The molecule has 0 spiro atoms. The highest BCUT2D eigenvalue weighted by atomic mass is 35.5. The van der Waals surface area contributed by atoms with Crippen molar-refractivity contribution in [2.75, 3.05) is 34.2 Å². The average Bonchev–Trinajstić information content (AvgIpc) is 3.67. The molecule has 0 aromatic rings. The summed E-state index contributed by atoms with van der Waals surface area (Å²) in [5.41, 5.74) is -0.0437. The zero-order chi connectivity index (χ0) is 34.7. The van der Waals surface area contributed by atoms with Crippen LogP contribution in [-0.2, 0) is 19.2 Å². The maximum absolute atomic E-state index is 14.7. The largest absolute Gasteiger partial charge is 0.391 e. The Bertz CT molecular complexity index is 1340. The SMILES string of the molecule is CN(C)C(=O)C12CC3CC(C1)CC(C(=O)N1C[C@H](O)CC1C(=O)NC(CC1=CNC4CCCCC14)C(=O)N(C)CC1CCCCC1Cl)(C3)C2. The summed E-state index contributed by atoms with van der Waals surface area (Å²) in [5, 5.41) is 17.6. The molecule has 3 N–H and O–H groups in total. The Morgan fingerprint density at radius 3 is 2.37 bits per heavy atom. The fourth-order valence-corrected chi connectivity index (χ4v) is 12.3. The second-order valence-corrected chi connectivity index (χ2v) is 18.1. The molecule has 8 rings (SSSR count). The summed E-state index contributed by atoms with van der Waals surface area (Å²) < 4.78 is 0. The third-order valence-corrected chi connectivity index (χ3v) is 14.3. The fourth-order valence-electron chi connectivity index (χ4n) is 11.9. The lowest BCUT2D eigenvalue weighted by atomic mass is 9.43. The number of carbonyl (C=O) groups excluding carboxylic acids is 4. The number of hydrogen-bond donors (Lipinski definition) is 3. The van der Waals surface area contributed by atoms with Crippen LogP contribution in [-0.4, -0.2) is 107 Å². The van der Waals surface area contributed by atoms with Crippen molar-refractivity contribution in [1.29, 1.82) is 0 Å². The number of likely N-dealkylation sites (tertiary alicyclic amines) is 1. The Kier molecular flexibility index (Phi) is 9.78. The first-order chi connectivity index (χ1) is 23.4. The number of halogens is 1. The Hall–Kier alpha value is -2.33. The number of likely N-dealkylation sites (N-methyl/N-ethyl adjacent to an activating group) is 1. The van der Waals surface area contributed by atoms with Gasteiger partial charge in [-0.3, -0.25) is 19.2 Å². The third-order valence-electron chi connectivity index (χ3n) is 13.7. The van der Waals surface area contributed by atoms with Crippen LogP contribution < -0.4 is 10.6 Å². The van der Waals surface area contributed by atoms with Gasteiger partial charge < -0.3 is 30.4 Å². The van der Waals surface area contributed by atoms with E-state index in [-0.39, 0.29) is 47.9 Å². The average molecular weight is 700 g/mol. The van der Waals surface area contributed by atoms with Crippen molar-refractivity contribution in [1.82, 2.24) is 25.3 Å². The number of hydrogen-bond acceptors (Lipinski definition) is 6. The summed E-state index contributed by atoms with van der Waals surface area (Å²) in [4.78, 5) is 61.9. The van der Waals surface area contributed by atoms with E-state index >= 15 is 0 Å². The smallest absolute Gasteiger partial charge is 0.245 e. The van der Waals surface area contributed by atoms with E-state index < -0.39 is 29.0 Å². The zero-order valence-corrected chi connectivity index (χ0v) is 30.6. The second-order valence-electron chi connectivity index (χ2n) is 17.5. The van der Waals surface area contributed by atoms with Crippen LogP contribution in [0.4, 0.5) is 0 Å². The molecule has 9 atom stereocenters. The first-order valence-corrected chi connectivity index (χ1v) is 19.7. The van der Waals surface area contributed by atoms with Crippen LogP contribution in [0.1, 0.15) is 103 Å². The molecule has 10 nitrogen and oxygen atoms in total. The van der Waals surface area contributed by atoms with E-state index in [1.165, 1.54) is 12.0 Å². The van der Waals surface area contributed by atoms with Gasteiger partial charge in [0.15, 0.2) is 0 Å². The van der Waals surface area contributed by atoms with E-state index in [1.54, 1.807) is 28.8 Å². The van der Waals surface area contributed by atoms with Crippen molar-refractivity contribution < 1.29 is 24.3 Å². The Labute approximate surface area is 297 Å². The minimum absolute atomic E-state index is 0.0399. The molecule has 2 heterocycles. The maximum Gasteiger partial charge on any atom is 0.245 e. The highest BCUT2D eigenvalue weighted by molar-refractivity contribution is 6.20. The van der Waals surface area contributed by atoms with Gasteiger partial charge in [-0.25, -0.2) is 0 Å². The van der Waals surface area contributed by atoms with Crippen LogP contribution >= 0.6 is 11.6 Å². The normalized spacial score (nSPS) is 39.9. The first kappa shape index (κ1) is 35.1. The lowest BCUT2D eigenvalue weighted by Gasteiger charge is -2.61. The van der Waals surface area contributed by atoms with Gasteiger partial charge in [0, 0.05) is 58.0 Å². The zero-order valence-electron chi connectivity index (χ0n) is 29.8. The molecule has 0 aromatic heterocycles. The highest BCUT2D eigenvalue weighted by Gasteiger charge is 2.64. The second kappa shape index (κ2) is 13.7. The molecular formula is C38H58ClN5O5. The lowest BCUT2D eigenvalue weighted by Crippen LogP contribution is -2.63. The summed E-state index contributed by atoms with van der Waals surface area (Å²) in [6.07, 6.45) is 15.2. The minimum Gasteiger partial charge on any atom is -0.391 e. The van der Waals surface area contributed by atoms with Gasteiger partial charge in [0.05, 0.1) is 16.9 Å². The molecule has 11 heteroatoms. The molecule has 4 amide bonds. The molecule has 2 aliphatic heterocycles. The molecule has 0 aromatic carbocycles. The van der Waals surface area contributed by atoms with Gasteiger partial charge >= 0.3 is 0 Å². The number of aliphatic hydroxyl groups is 1. The first-order valence-electron chi connectivity index (χ1n) is 19.2. The Morgan fingerprint density at radius 1 is 0.980 bits per heavy atom. The van der Waals surface area contributed by atoms with E-state index in [1.807, 2.05) is 7.05 Å². The van der Waals surface area contributed by atoms with Crippen LogP contribution in [0.3, 0.4) is 0 Å². The predicted molar refractivity (Wildman–Crippen MR) is 187 cm³/mol. The quantitative estimate of drug-likeness (QED) is 0.315. The van der Waals surface area contributed by atoms with Crippen LogP contribution in [0.5, 0.6) is 0 Å². The van der Waals surface area contributed by atoms with Crippen molar-refractivity contribution in [3.05, 3.63) is 11.8 Å². The number of alkyl halides is 1. The van der Waals surface area contributed by atoms with Gasteiger partial charge in [-0.15, -0.1) is 11.6 Å². The highest BCUT2D eigenvalue weighted by Crippen LogP contribution is 2.66.